The standard InChI is InChI=1S/C20H36Si.C20H34.3C18H39NSi.2C4H10/c1-21(2,19-13-11-15-7-3-5-9-17(15)19)20-14-12-16-8-4-6-10-18(16)20;1-3-7-19-15(5-1)9-11-17(19)13-14-18-12-10-16-6-2-4-8-20(16)18;3*1-12(2)19(18(7,8)9)20(10,11)17-15(5)13(3)14(4)16(17)6;2*1-4(2)3/h15-20H,3-14H2,1-2H3;15-20H,1-14H2;3*12-17H,1-11H3;2*4H,1-3H3. The molecule has 11 saturated carbocycles. The van der Waals surface area contributed by atoms with Gasteiger partial charge in [0.1, 0.15) is 24.7 Å². The van der Waals surface area contributed by atoms with Gasteiger partial charge in [-0.15, -0.1) is 0 Å². The third-order valence-corrected chi connectivity index (χ3v) is 55.9. The summed E-state index contributed by atoms with van der Waals surface area (Å²) in [5, 5.41) is 0. The van der Waals surface area contributed by atoms with Crippen LogP contribution < -0.4 is 0 Å². The highest BCUT2D eigenvalue weighted by molar-refractivity contribution is 6.80. The van der Waals surface area contributed by atoms with Crippen molar-refractivity contribution in [3.63, 3.8) is 0 Å². The van der Waals surface area contributed by atoms with E-state index in [0.29, 0.717) is 18.1 Å². The van der Waals surface area contributed by atoms with Crippen molar-refractivity contribution in [3.8, 4) is 0 Å². The largest absolute Gasteiger partial charge is 0.317 e. The van der Waals surface area contributed by atoms with E-state index in [9.17, 15) is 0 Å². The monoisotopic (exact) mass is 1590 g/mol. The summed E-state index contributed by atoms with van der Waals surface area (Å²) in [6.07, 6.45) is 41.1. The maximum Gasteiger partial charge on any atom is 0.126 e. The molecule has 0 spiro atoms. The van der Waals surface area contributed by atoms with Gasteiger partial charge >= 0.3 is 0 Å². The molecule has 0 heterocycles. The third kappa shape index (κ3) is 24.8. The van der Waals surface area contributed by atoms with E-state index in [1.54, 1.807) is 167 Å². The lowest BCUT2D eigenvalue weighted by molar-refractivity contribution is 0.187. The fourth-order valence-electron chi connectivity index (χ4n) is 32.0. The molecule has 11 rings (SSSR count). The summed E-state index contributed by atoms with van der Waals surface area (Å²) in [4.78, 5) is 0. The molecule has 24 unspecified atom stereocenters. The smallest absolute Gasteiger partial charge is 0.126 e. The van der Waals surface area contributed by atoms with Crippen molar-refractivity contribution in [2.45, 2.75) is 510 Å². The third-order valence-electron chi connectivity index (χ3n) is 35.3. The summed E-state index contributed by atoms with van der Waals surface area (Å²) >= 11 is 0. The fourth-order valence-corrected chi connectivity index (χ4v) is 57.1. The van der Waals surface area contributed by atoms with Crippen molar-refractivity contribution < 1.29 is 0 Å². The van der Waals surface area contributed by atoms with Crippen molar-refractivity contribution in [2.24, 2.45) is 142 Å². The fraction of sp³-hybridized carbons (Fsp3) is 1.00. The Kier molecular flexibility index (Phi) is 38.5. The molecule has 11 aliphatic rings. The summed E-state index contributed by atoms with van der Waals surface area (Å²) in [6, 6.07) is 1.92. The number of hydrogen-bond donors (Lipinski definition) is 0. The molecule has 0 aliphatic heterocycles. The molecule has 24 atom stereocenters. The van der Waals surface area contributed by atoms with Crippen molar-refractivity contribution in [1.82, 2.24) is 13.7 Å². The second-order valence-corrected chi connectivity index (χ2v) is 68.0. The van der Waals surface area contributed by atoms with Gasteiger partial charge in [-0.3, -0.25) is 0 Å². The molecule has 0 radical (unpaired) electrons. The van der Waals surface area contributed by atoms with Crippen LogP contribution in [0, 0.1) is 142 Å². The van der Waals surface area contributed by atoms with E-state index in [4.69, 9.17) is 0 Å². The van der Waals surface area contributed by atoms with E-state index in [1.807, 2.05) is 0 Å². The molecule has 0 aromatic heterocycles. The first kappa shape index (κ1) is 100. The summed E-state index contributed by atoms with van der Waals surface area (Å²) in [6.45, 7) is 100. The number of nitrogens with zero attached hydrogens (tertiary/aromatic N) is 3. The van der Waals surface area contributed by atoms with Gasteiger partial charge in [-0.2, -0.15) is 0 Å². The molecule has 0 saturated heterocycles. The molecule has 646 valence electrons. The summed E-state index contributed by atoms with van der Waals surface area (Å²) < 4.78 is 8.67. The SMILES string of the molecule is C1CCC2C(C1)CCC2CCC1CCC2CCCCC21.CC(C)C.CC(C)C.CC1C(C)C(C)C([Si](C)(C)N(C(C)C)C(C)(C)C)C1C.CC1C(C)C(C)C([Si](C)(C)N(C(C)C)C(C)(C)C)C1C.CC1C(C)C(C)C([Si](C)(C)N(C(C)C)C(C)(C)C)C1C.C[Si](C)(C1CCC2CCCCC21)C1CCC2CCCCC21. The van der Waals surface area contributed by atoms with Crippen molar-refractivity contribution in [3.05, 3.63) is 0 Å². The Labute approximate surface area is 694 Å². The second-order valence-electron chi connectivity index (χ2n) is 49.5. The Morgan fingerprint density at radius 1 is 0.248 bits per heavy atom. The molecule has 7 heteroatoms. The molecular weight excluding hydrogens is 1380 g/mol. The van der Waals surface area contributed by atoms with E-state index in [2.05, 4.69) is 295 Å². The van der Waals surface area contributed by atoms with Crippen molar-refractivity contribution >= 4 is 32.8 Å². The van der Waals surface area contributed by atoms with Crippen LogP contribution in [0.15, 0.2) is 0 Å². The number of fused-ring (bicyclic) bond motifs is 4. The van der Waals surface area contributed by atoms with E-state index in [0.717, 1.165) is 147 Å². The molecule has 0 amide bonds. The van der Waals surface area contributed by atoms with Gasteiger partial charge in [-0.05, 0) is 302 Å². The summed E-state index contributed by atoms with van der Waals surface area (Å²) in [5.74, 6) is 23.6. The minimum Gasteiger partial charge on any atom is -0.317 e. The zero-order chi connectivity index (χ0) is 83.1. The van der Waals surface area contributed by atoms with E-state index < -0.39 is 32.8 Å². The van der Waals surface area contributed by atoms with Crippen molar-refractivity contribution in [2.75, 3.05) is 0 Å². The molecular formula is C102H207N3Si4. The van der Waals surface area contributed by atoms with Gasteiger partial charge in [-0.25, -0.2) is 0 Å². The predicted octanol–water partition coefficient (Wildman–Crippen LogP) is 33.0. The Bertz CT molecular complexity index is 2290. The average molecular weight is 1590 g/mol. The number of hydrogen-bond acceptors (Lipinski definition) is 3. The van der Waals surface area contributed by atoms with Crippen LogP contribution in [-0.2, 0) is 0 Å². The lowest BCUT2D eigenvalue weighted by atomic mass is 9.74. The zero-order valence-electron chi connectivity index (χ0n) is 82.7. The van der Waals surface area contributed by atoms with Gasteiger partial charge in [0.2, 0.25) is 0 Å². The normalized spacial score (nSPS) is 38.4. The summed E-state index contributed by atoms with van der Waals surface area (Å²) in [7, 11) is -5.48. The Morgan fingerprint density at radius 2 is 0.431 bits per heavy atom. The van der Waals surface area contributed by atoms with Gasteiger partial charge < -0.3 is 13.7 Å². The van der Waals surface area contributed by atoms with Gasteiger partial charge in [-0.1, -0.05) is 334 Å². The van der Waals surface area contributed by atoms with Crippen LogP contribution in [0.25, 0.3) is 0 Å². The van der Waals surface area contributed by atoms with Crippen LogP contribution in [0.3, 0.4) is 0 Å². The van der Waals surface area contributed by atoms with Gasteiger partial charge in [0, 0.05) is 16.6 Å². The molecule has 11 aliphatic carbocycles. The Morgan fingerprint density at radius 3 is 0.633 bits per heavy atom. The highest BCUT2D eigenvalue weighted by Crippen LogP contribution is 2.63. The first-order chi connectivity index (χ1) is 50.0. The van der Waals surface area contributed by atoms with Crippen LogP contribution in [0.4, 0.5) is 0 Å². The molecule has 11 fully saturated rings. The maximum absolute atomic E-state index is 2.89. The molecule has 0 aromatic carbocycles. The predicted molar refractivity (Wildman–Crippen MR) is 505 cm³/mol. The van der Waals surface area contributed by atoms with Gasteiger partial charge in [0.25, 0.3) is 0 Å². The Balaban J connectivity index is 0.000000238. The van der Waals surface area contributed by atoms with Crippen LogP contribution in [0.2, 0.25) is 80.1 Å². The van der Waals surface area contributed by atoms with E-state index >= 15 is 0 Å². The zero-order valence-corrected chi connectivity index (χ0v) is 86.7. The average Bonchev–Trinajstić information content (AvgIpc) is 1.65. The lowest BCUT2D eigenvalue weighted by Crippen LogP contribution is -2.63. The number of rotatable bonds is 14. The molecule has 109 heavy (non-hydrogen) atoms. The maximum atomic E-state index is 2.89. The second kappa shape index (κ2) is 41.8. The highest BCUT2D eigenvalue weighted by atomic mass is 28.3. The minimum atomic E-state index is -1.47. The Hall–Kier alpha value is 0.748. The first-order valence-electron chi connectivity index (χ1n) is 49.4. The van der Waals surface area contributed by atoms with Crippen molar-refractivity contribution in [1.29, 1.82) is 0 Å². The van der Waals surface area contributed by atoms with Gasteiger partial charge in [0.15, 0.2) is 0 Å². The van der Waals surface area contributed by atoms with E-state index in [1.165, 1.54) is 22.9 Å². The van der Waals surface area contributed by atoms with Crippen LogP contribution in [0.1, 0.15) is 395 Å². The first-order valence-corrected chi connectivity index (χ1v) is 61.7. The van der Waals surface area contributed by atoms with Crippen LogP contribution in [-0.4, -0.2) is 81.2 Å². The van der Waals surface area contributed by atoms with Crippen LogP contribution in [0.5, 0.6) is 0 Å². The molecule has 0 bridgehead atoms. The summed E-state index contributed by atoms with van der Waals surface area (Å²) in [5.41, 5.74) is 5.97. The van der Waals surface area contributed by atoms with Gasteiger partial charge in [0.05, 0.1) is 8.07 Å². The molecule has 0 N–H and O–H groups in total. The van der Waals surface area contributed by atoms with E-state index in [-0.39, 0.29) is 16.6 Å². The molecule has 3 nitrogen and oxygen atoms in total. The highest BCUT2D eigenvalue weighted by Gasteiger charge is 2.59. The topological polar surface area (TPSA) is 9.72 Å². The quantitative estimate of drug-likeness (QED) is 0.161. The molecule has 0 aromatic rings. The lowest BCUT2D eigenvalue weighted by Gasteiger charge is -2.53. The minimum absolute atomic E-state index is 0.276. The van der Waals surface area contributed by atoms with Crippen LogP contribution >= 0.6 is 0 Å².